The van der Waals surface area contributed by atoms with Crippen LogP contribution in [0.2, 0.25) is 0 Å². The minimum atomic E-state index is 0.806. The first-order chi connectivity index (χ1) is 7.79. The van der Waals surface area contributed by atoms with Crippen LogP contribution in [0.3, 0.4) is 0 Å². The largest absolute Gasteiger partial charge is 0.303 e. The van der Waals surface area contributed by atoms with Crippen molar-refractivity contribution in [1.29, 1.82) is 0 Å². The Morgan fingerprint density at radius 2 is 2.44 bits per heavy atom. The second kappa shape index (κ2) is 5.69. The minimum absolute atomic E-state index is 0.806. The fourth-order valence-corrected chi connectivity index (χ4v) is 2.73. The van der Waals surface area contributed by atoms with Crippen LogP contribution in [0, 0.1) is 5.92 Å². The van der Waals surface area contributed by atoms with Gasteiger partial charge in [-0.2, -0.15) is 5.10 Å². The molecule has 16 heavy (non-hydrogen) atoms. The molecule has 0 bridgehead atoms. The molecule has 1 aromatic heterocycles. The lowest BCUT2D eigenvalue weighted by atomic mass is 10.1. The molecule has 2 heterocycles. The fraction of sp³-hybridized carbons (Fsp3) is 0.750. The van der Waals surface area contributed by atoms with Crippen molar-refractivity contribution in [2.24, 2.45) is 13.0 Å². The van der Waals surface area contributed by atoms with Crippen molar-refractivity contribution in [3.05, 3.63) is 18.0 Å². The Morgan fingerprint density at radius 3 is 3.12 bits per heavy atom. The zero-order chi connectivity index (χ0) is 11.4. The number of aryl methyl sites for hydroxylation is 1. The Bertz CT molecular complexity index is 324. The summed E-state index contributed by atoms with van der Waals surface area (Å²) in [6.45, 7) is 3.61. The molecular formula is C12H20ClN3. The van der Waals surface area contributed by atoms with E-state index in [2.05, 4.69) is 16.1 Å². The van der Waals surface area contributed by atoms with Crippen LogP contribution in [-0.2, 0) is 13.5 Å². The Labute approximate surface area is 102 Å². The minimum Gasteiger partial charge on any atom is -0.303 e. The van der Waals surface area contributed by atoms with Crippen LogP contribution in [0.25, 0.3) is 0 Å². The molecule has 0 aliphatic carbocycles. The molecule has 1 aliphatic rings. The predicted molar refractivity (Wildman–Crippen MR) is 66.8 cm³/mol. The van der Waals surface area contributed by atoms with Crippen molar-refractivity contribution in [3.8, 4) is 0 Å². The van der Waals surface area contributed by atoms with Gasteiger partial charge < -0.3 is 4.90 Å². The summed E-state index contributed by atoms with van der Waals surface area (Å²) in [6, 6.07) is 2.10. The molecule has 2 rings (SSSR count). The monoisotopic (exact) mass is 241 g/mol. The highest BCUT2D eigenvalue weighted by Crippen LogP contribution is 2.20. The molecule has 3 nitrogen and oxygen atoms in total. The summed E-state index contributed by atoms with van der Waals surface area (Å²) in [5.74, 6) is 1.63. The van der Waals surface area contributed by atoms with E-state index in [1.54, 1.807) is 0 Å². The van der Waals surface area contributed by atoms with E-state index < -0.39 is 0 Å². The third-order valence-corrected chi connectivity index (χ3v) is 3.71. The van der Waals surface area contributed by atoms with E-state index in [-0.39, 0.29) is 0 Å². The number of nitrogens with zero attached hydrogens (tertiary/aromatic N) is 3. The molecule has 90 valence electrons. The third kappa shape index (κ3) is 2.98. The van der Waals surface area contributed by atoms with Crippen LogP contribution in [0.5, 0.6) is 0 Å². The van der Waals surface area contributed by atoms with Crippen molar-refractivity contribution in [3.63, 3.8) is 0 Å². The highest BCUT2D eigenvalue weighted by atomic mass is 35.5. The maximum Gasteiger partial charge on any atom is 0.0492 e. The Kier molecular flexibility index (Phi) is 4.24. The molecular weight excluding hydrogens is 222 g/mol. The molecule has 1 aromatic rings. The number of aromatic nitrogens is 2. The van der Waals surface area contributed by atoms with Gasteiger partial charge in [0.15, 0.2) is 0 Å². The lowest BCUT2D eigenvalue weighted by Crippen LogP contribution is -2.24. The van der Waals surface area contributed by atoms with Crippen LogP contribution in [0.4, 0.5) is 0 Å². The lowest BCUT2D eigenvalue weighted by molar-refractivity contribution is 0.324. The van der Waals surface area contributed by atoms with Crippen molar-refractivity contribution in [1.82, 2.24) is 14.7 Å². The predicted octanol–water partition coefficient (Wildman–Crippen LogP) is 1.91. The molecule has 0 saturated carbocycles. The molecule has 0 spiro atoms. The zero-order valence-electron chi connectivity index (χ0n) is 9.90. The van der Waals surface area contributed by atoms with Crippen LogP contribution in [0.15, 0.2) is 12.3 Å². The first kappa shape index (κ1) is 11.9. The smallest absolute Gasteiger partial charge is 0.0492 e. The van der Waals surface area contributed by atoms with E-state index in [4.69, 9.17) is 11.6 Å². The van der Waals surface area contributed by atoms with E-state index in [1.165, 1.54) is 31.6 Å². The number of hydrogen-bond acceptors (Lipinski definition) is 2. The number of alkyl halides is 1. The van der Waals surface area contributed by atoms with E-state index in [0.29, 0.717) is 0 Å². The summed E-state index contributed by atoms with van der Waals surface area (Å²) < 4.78 is 1.96. The van der Waals surface area contributed by atoms with Gasteiger partial charge in [-0.05, 0) is 31.4 Å². The van der Waals surface area contributed by atoms with E-state index >= 15 is 0 Å². The van der Waals surface area contributed by atoms with Gasteiger partial charge in [-0.3, -0.25) is 4.68 Å². The molecule has 4 heteroatoms. The fourth-order valence-electron chi connectivity index (χ4n) is 2.43. The maximum atomic E-state index is 5.78. The number of hydrogen-bond donors (Lipinski definition) is 0. The van der Waals surface area contributed by atoms with Gasteiger partial charge in [0.2, 0.25) is 0 Å². The van der Waals surface area contributed by atoms with Crippen LogP contribution >= 0.6 is 11.6 Å². The van der Waals surface area contributed by atoms with Gasteiger partial charge in [-0.15, -0.1) is 11.6 Å². The molecule has 0 radical (unpaired) electrons. The van der Waals surface area contributed by atoms with E-state index in [0.717, 1.165) is 24.8 Å². The lowest BCUT2D eigenvalue weighted by Gasteiger charge is -2.15. The molecule has 0 aromatic carbocycles. The van der Waals surface area contributed by atoms with Crippen molar-refractivity contribution >= 4 is 11.6 Å². The second-order valence-electron chi connectivity index (χ2n) is 4.63. The van der Waals surface area contributed by atoms with Gasteiger partial charge in [0.1, 0.15) is 0 Å². The maximum absolute atomic E-state index is 5.78. The normalized spacial score (nSPS) is 21.8. The van der Waals surface area contributed by atoms with Gasteiger partial charge >= 0.3 is 0 Å². The average Bonchev–Trinajstić information content (AvgIpc) is 2.86. The zero-order valence-corrected chi connectivity index (χ0v) is 10.7. The van der Waals surface area contributed by atoms with Gasteiger partial charge in [0.25, 0.3) is 0 Å². The van der Waals surface area contributed by atoms with Crippen molar-refractivity contribution < 1.29 is 0 Å². The molecule has 0 N–H and O–H groups in total. The van der Waals surface area contributed by atoms with Gasteiger partial charge in [0, 0.05) is 44.3 Å². The molecule has 1 aliphatic heterocycles. The Morgan fingerprint density at radius 1 is 1.56 bits per heavy atom. The van der Waals surface area contributed by atoms with Crippen molar-refractivity contribution in [2.45, 2.75) is 19.3 Å². The molecule has 1 unspecified atom stereocenters. The molecule has 1 fully saturated rings. The highest BCUT2D eigenvalue weighted by molar-refractivity contribution is 6.17. The molecule has 1 saturated heterocycles. The average molecular weight is 242 g/mol. The highest BCUT2D eigenvalue weighted by Gasteiger charge is 2.21. The SMILES string of the molecule is Cn1nccc1CCN1CCC(CCCl)C1. The van der Waals surface area contributed by atoms with Crippen molar-refractivity contribution in [2.75, 3.05) is 25.5 Å². The summed E-state index contributed by atoms with van der Waals surface area (Å²) in [5.41, 5.74) is 1.32. The quantitative estimate of drug-likeness (QED) is 0.735. The summed E-state index contributed by atoms with van der Waals surface area (Å²) in [6.07, 6.45) is 5.46. The Balaban J connectivity index is 1.74. The molecule has 0 amide bonds. The number of likely N-dealkylation sites (tertiary alicyclic amines) is 1. The first-order valence-corrected chi connectivity index (χ1v) is 6.58. The first-order valence-electron chi connectivity index (χ1n) is 6.05. The topological polar surface area (TPSA) is 21.1 Å². The summed E-state index contributed by atoms with van der Waals surface area (Å²) >= 11 is 5.78. The van der Waals surface area contributed by atoms with E-state index in [1.807, 2.05) is 17.9 Å². The van der Waals surface area contributed by atoms with Gasteiger partial charge in [-0.1, -0.05) is 0 Å². The molecule has 1 atom stereocenters. The summed E-state index contributed by atoms with van der Waals surface area (Å²) in [5, 5.41) is 4.19. The standard InChI is InChI=1S/C12H20ClN3/c1-15-12(3-7-14-15)5-9-16-8-4-11(10-16)2-6-13/h3,7,11H,2,4-6,8-10H2,1H3. The summed E-state index contributed by atoms with van der Waals surface area (Å²) in [4.78, 5) is 2.55. The Hall–Kier alpha value is -0.540. The van der Waals surface area contributed by atoms with E-state index in [9.17, 15) is 0 Å². The van der Waals surface area contributed by atoms with Gasteiger partial charge in [-0.25, -0.2) is 0 Å². The van der Waals surface area contributed by atoms with Crippen LogP contribution in [-0.4, -0.2) is 40.2 Å². The third-order valence-electron chi connectivity index (χ3n) is 3.49. The number of rotatable bonds is 5. The van der Waals surface area contributed by atoms with Crippen LogP contribution in [0.1, 0.15) is 18.5 Å². The summed E-state index contributed by atoms with van der Waals surface area (Å²) in [7, 11) is 2.01. The number of halogens is 1. The van der Waals surface area contributed by atoms with Gasteiger partial charge in [0.05, 0.1) is 0 Å². The van der Waals surface area contributed by atoms with Crippen LogP contribution < -0.4 is 0 Å². The second-order valence-corrected chi connectivity index (χ2v) is 5.01.